The molecule has 1 aromatic carbocycles. The molecule has 0 saturated heterocycles. The molecule has 1 rings (SSSR count). The summed E-state index contributed by atoms with van der Waals surface area (Å²) in [5.41, 5.74) is -0.421. The topological polar surface area (TPSA) is 64.6 Å². The van der Waals surface area contributed by atoms with E-state index in [-0.39, 0.29) is 13.2 Å². The van der Waals surface area contributed by atoms with Crippen molar-refractivity contribution >= 4 is 12.1 Å². The van der Waals surface area contributed by atoms with Gasteiger partial charge in [-0.15, -0.1) is 6.58 Å². The van der Waals surface area contributed by atoms with Gasteiger partial charge in [-0.3, -0.25) is 0 Å². The third-order valence-electron chi connectivity index (χ3n) is 3.03. The van der Waals surface area contributed by atoms with Gasteiger partial charge in [0.05, 0.1) is 6.61 Å². The fraction of sp³-hybridized carbons (Fsp3) is 0.333. The van der Waals surface area contributed by atoms with Gasteiger partial charge in [-0.25, -0.2) is 9.59 Å². The summed E-state index contributed by atoms with van der Waals surface area (Å²) in [6, 6.07) is 9.30. The lowest BCUT2D eigenvalue weighted by Crippen LogP contribution is -2.51. The molecule has 0 aliphatic rings. The van der Waals surface area contributed by atoms with Gasteiger partial charge in [-0.1, -0.05) is 48.6 Å². The Bertz CT molecular complexity index is 553. The molecule has 1 N–H and O–H groups in total. The first-order valence-electron chi connectivity index (χ1n) is 7.46. The summed E-state index contributed by atoms with van der Waals surface area (Å²) in [6.07, 6.45) is 4.90. The van der Waals surface area contributed by atoms with Gasteiger partial charge < -0.3 is 14.8 Å². The summed E-state index contributed by atoms with van der Waals surface area (Å²) in [7, 11) is 0. The predicted octanol–water partition coefficient (Wildman–Crippen LogP) is 3.37. The zero-order chi connectivity index (χ0) is 17.1. The number of ether oxygens (including phenoxy) is 2. The first kappa shape index (κ1) is 18.5. The van der Waals surface area contributed by atoms with E-state index in [4.69, 9.17) is 9.47 Å². The normalized spacial score (nSPS) is 13.1. The van der Waals surface area contributed by atoms with E-state index < -0.39 is 17.6 Å². The Morgan fingerprint density at radius 2 is 1.96 bits per heavy atom. The highest BCUT2D eigenvalue weighted by Crippen LogP contribution is 2.11. The summed E-state index contributed by atoms with van der Waals surface area (Å²) in [6.45, 7) is 7.23. The molecule has 1 amide bonds. The molecule has 5 heteroatoms. The van der Waals surface area contributed by atoms with E-state index in [1.807, 2.05) is 30.3 Å². The van der Waals surface area contributed by atoms with Crippen LogP contribution in [0.4, 0.5) is 4.79 Å². The van der Waals surface area contributed by atoms with Crippen molar-refractivity contribution in [3.8, 4) is 0 Å². The number of carbonyl (C=O) groups excluding carboxylic acids is 2. The number of alkyl carbamates (subject to hydrolysis) is 1. The minimum absolute atomic E-state index is 0.127. The summed E-state index contributed by atoms with van der Waals surface area (Å²) in [4.78, 5) is 24.1. The molecule has 124 valence electrons. The van der Waals surface area contributed by atoms with Gasteiger partial charge >= 0.3 is 12.1 Å². The molecule has 23 heavy (non-hydrogen) atoms. The van der Waals surface area contributed by atoms with Gasteiger partial charge in [0.2, 0.25) is 0 Å². The zero-order valence-corrected chi connectivity index (χ0v) is 13.6. The van der Waals surface area contributed by atoms with Crippen molar-refractivity contribution in [3.05, 3.63) is 60.7 Å². The maximum Gasteiger partial charge on any atom is 0.408 e. The van der Waals surface area contributed by atoms with Crippen molar-refractivity contribution in [2.75, 3.05) is 6.61 Å². The lowest BCUT2D eigenvalue weighted by molar-refractivity contribution is -0.148. The second-order valence-electron chi connectivity index (χ2n) is 5.04. The molecule has 0 aromatic heterocycles. The first-order chi connectivity index (χ1) is 11.0. The fourth-order valence-corrected chi connectivity index (χ4v) is 1.81. The van der Waals surface area contributed by atoms with Crippen LogP contribution in [-0.2, 0) is 20.9 Å². The summed E-state index contributed by atoms with van der Waals surface area (Å²) < 4.78 is 10.2. The largest absolute Gasteiger partial charge is 0.464 e. The average Bonchev–Trinajstić information content (AvgIpc) is 2.54. The number of allylic oxidation sites excluding steroid dienone is 2. The van der Waals surface area contributed by atoms with Crippen LogP contribution in [0.5, 0.6) is 0 Å². The van der Waals surface area contributed by atoms with E-state index >= 15 is 0 Å². The highest BCUT2D eigenvalue weighted by Gasteiger charge is 2.34. The molecule has 1 aromatic rings. The minimum Gasteiger partial charge on any atom is -0.464 e. The zero-order valence-electron chi connectivity index (χ0n) is 13.6. The van der Waals surface area contributed by atoms with Crippen molar-refractivity contribution in [2.45, 2.75) is 32.4 Å². The molecule has 5 nitrogen and oxygen atoms in total. The van der Waals surface area contributed by atoms with Crippen LogP contribution in [0.2, 0.25) is 0 Å². The highest BCUT2D eigenvalue weighted by atomic mass is 16.6. The molecule has 0 aliphatic carbocycles. The smallest absolute Gasteiger partial charge is 0.408 e. The van der Waals surface area contributed by atoms with Gasteiger partial charge in [-0.2, -0.15) is 0 Å². The van der Waals surface area contributed by atoms with Crippen molar-refractivity contribution < 1.29 is 19.1 Å². The average molecular weight is 317 g/mol. The quantitative estimate of drug-likeness (QED) is 0.590. The van der Waals surface area contributed by atoms with Crippen molar-refractivity contribution in [1.82, 2.24) is 5.32 Å². The van der Waals surface area contributed by atoms with E-state index in [9.17, 15) is 9.59 Å². The third-order valence-corrected chi connectivity index (χ3v) is 3.03. The van der Waals surface area contributed by atoms with Crippen LogP contribution in [0.15, 0.2) is 55.1 Å². The summed E-state index contributed by atoms with van der Waals surface area (Å²) in [5, 5.41) is 2.55. The minimum atomic E-state index is -1.28. The van der Waals surface area contributed by atoms with E-state index in [1.165, 1.54) is 0 Å². The van der Waals surface area contributed by atoms with Gasteiger partial charge in [0.1, 0.15) is 6.61 Å². The van der Waals surface area contributed by atoms with Crippen LogP contribution < -0.4 is 5.32 Å². The third kappa shape index (κ3) is 6.38. The van der Waals surface area contributed by atoms with Crippen LogP contribution in [0, 0.1) is 0 Å². The number of rotatable bonds is 8. The molecule has 0 fully saturated rings. The summed E-state index contributed by atoms with van der Waals surface area (Å²) >= 11 is 0. The van der Waals surface area contributed by atoms with Crippen molar-refractivity contribution in [1.29, 1.82) is 0 Å². The second kappa shape index (κ2) is 9.46. The fourth-order valence-electron chi connectivity index (χ4n) is 1.81. The van der Waals surface area contributed by atoms with Gasteiger partial charge in [0, 0.05) is 0 Å². The lowest BCUT2D eigenvalue weighted by Gasteiger charge is -2.24. The molecule has 1 atom stereocenters. The van der Waals surface area contributed by atoms with E-state index in [0.717, 1.165) is 5.56 Å². The number of esters is 1. The molecule has 0 spiro atoms. The number of hydrogen-bond donors (Lipinski definition) is 1. The molecule has 0 heterocycles. The van der Waals surface area contributed by atoms with Crippen LogP contribution in [0.1, 0.15) is 25.8 Å². The molecule has 0 saturated carbocycles. The van der Waals surface area contributed by atoms with Crippen molar-refractivity contribution in [3.63, 3.8) is 0 Å². The van der Waals surface area contributed by atoms with Crippen LogP contribution >= 0.6 is 0 Å². The number of benzene rings is 1. The molecular formula is C18H23NO4. The van der Waals surface area contributed by atoms with E-state index in [2.05, 4.69) is 11.9 Å². The molecule has 0 bridgehead atoms. The lowest BCUT2D eigenvalue weighted by atomic mass is 10.0. The number of nitrogens with one attached hydrogen (secondary N) is 1. The van der Waals surface area contributed by atoms with Gasteiger partial charge in [0.15, 0.2) is 5.54 Å². The Morgan fingerprint density at radius 3 is 2.57 bits per heavy atom. The Hall–Kier alpha value is -2.56. The van der Waals surface area contributed by atoms with Crippen LogP contribution in [-0.4, -0.2) is 24.2 Å². The maximum atomic E-state index is 12.1. The van der Waals surface area contributed by atoms with Crippen molar-refractivity contribution in [2.24, 2.45) is 0 Å². The molecule has 0 aliphatic heterocycles. The second-order valence-corrected chi connectivity index (χ2v) is 5.04. The Balaban J connectivity index is 2.69. The van der Waals surface area contributed by atoms with Crippen LogP contribution in [0.3, 0.4) is 0 Å². The first-order valence-corrected chi connectivity index (χ1v) is 7.46. The standard InChI is InChI=1S/C18H23NO4/c1-4-6-10-13-18(3,16(20)22-5-2)19-17(21)23-14-15-11-8-7-9-12-15/h4,7-13H,1,5-6,14H2,2-3H3,(H,19,21)/b13-10+/t18-/m0/s1. The van der Waals surface area contributed by atoms with Crippen LogP contribution in [0.25, 0.3) is 0 Å². The predicted molar refractivity (Wildman–Crippen MR) is 88.8 cm³/mol. The Morgan fingerprint density at radius 1 is 1.26 bits per heavy atom. The molecule has 0 radical (unpaired) electrons. The number of hydrogen-bond acceptors (Lipinski definition) is 4. The maximum absolute atomic E-state index is 12.1. The summed E-state index contributed by atoms with van der Waals surface area (Å²) in [5.74, 6) is -0.544. The van der Waals surface area contributed by atoms with E-state index in [0.29, 0.717) is 6.42 Å². The number of amides is 1. The Kier molecular flexibility index (Phi) is 7.60. The molecule has 0 unspecified atom stereocenters. The van der Waals surface area contributed by atoms with Gasteiger partial charge in [0.25, 0.3) is 0 Å². The number of carbonyl (C=O) groups is 2. The van der Waals surface area contributed by atoms with E-state index in [1.54, 1.807) is 32.1 Å². The SMILES string of the molecule is C=CC/C=C/[C@](C)(NC(=O)OCc1ccccc1)C(=O)OCC. The molecular weight excluding hydrogens is 294 g/mol. The Labute approximate surface area is 137 Å². The highest BCUT2D eigenvalue weighted by molar-refractivity contribution is 5.87. The monoisotopic (exact) mass is 317 g/mol. The van der Waals surface area contributed by atoms with Gasteiger partial charge in [-0.05, 0) is 25.8 Å².